The summed E-state index contributed by atoms with van der Waals surface area (Å²) >= 11 is 1.57. The van der Waals surface area contributed by atoms with Crippen LogP contribution in [0.25, 0.3) is 0 Å². The first-order chi connectivity index (χ1) is 14.5. The molecule has 0 unspecified atom stereocenters. The van der Waals surface area contributed by atoms with Crippen LogP contribution < -0.4 is 15.5 Å². The first-order valence-corrected chi connectivity index (χ1v) is 10.3. The molecule has 5 nitrogen and oxygen atoms in total. The molecular weight excluding hydrogens is 408 g/mol. The molecule has 154 valence electrons. The van der Waals surface area contributed by atoms with E-state index in [0.717, 1.165) is 41.7 Å². The van der Waals surface area contributed by atoms with Crippen LogP contribution in [0.5, 0.6) is 0 Å². The second kappa shape index (κ2) is 8.62. The van der Waals surface area contributed by atoms with E-state index in [1.807, 2.05) is 35.7 Å². The average molecular weight is 427 g/mol. The van der Waals surface area contributed by atoms with Gasteiger partial charge < -0.3 is 15.5 Å². The minimum atomic E-state index is -1.05. The highest BCUT2D eigenvalue weighted by atomic mass is 32.1. The van der Waals surface area contributed by atoms with Gasteiger partial charge in [0, 0.05) is 29.7 Å². The molecule has 4 rings (SSSR count). The van der Waals surface area contributed by atoms with E-state index in [1.165, 1.54) is 5.56 Å². The van der Waals surface area contributed by atoms with Gasteiger partial charge in [-0.05, 0) is 41.6 Å². The number of para-hydroxylation sites is 1. The lowest BCUT2D eigenvalue weighted by molar-refractivity contribution is -0.136. The summed E-state index contributed by atoms with van der Waals surface area (Å²) in [6, 6.07) is 14.5. The minimum absolute atomic E-state index is 0.142. The van der Waals surface area contributed by atoms with Gasteiger partial charge in [-0.25, -0.2) is 8.78 Å². The number of fused-ring (bicyclic) bond motifs is 1. The normalized spacial score (nSPS) is 13.6. The third-order valence-corrected chi connectivity index (χ3v) is 5.98. The molecule has 30 heavy (non-hydrogen) atoms. The predicted molar refractivity (Wildman–Crippen MR) is 113 cm³/mol. The Hall–Kier alpha value is -3.26. The van der Waals surface area contributed by atoms with Crippen molar-refractivity contribution in [3.05, 3.63) is 82.1 Å². The molecule has 1 aliphatic heterocycles. The van der Waals surface area contributed by atoms with Crippen LogP contribution in [0.1, 0.15) is 16.5 Å². The number of rotatable bonds is 5. The summed E-state index contributed by atoms with van der Waals surface area (Å²) in [5.41, 5.74) is 1.97. The van der Waals surface area contributed by atoms with Crippen LogP contribution >= 0.6 is 11.3 Å². The fraction of sp³-hybridized carbons (Fsp3) is 0.182. The monoisotopic (exact) mass is 427 g/mol. The van der Waals surface area contributed by atoms with E-state index in [9.17, 15) is 18.4 Å². The van der Waals surface area contributed by atoms with Gasteiger partial charge in [0.1, 0.15) is 11.6 Å². The third kappa shape index (κ3) is 4.18. The van der Waals surface area contributed by atoms with Crippen molar-refractivity contribution < 1.29 is 18.4 Å². The van der Waals surface area contributed by atoms with Gasteiger partial charge in [0.05, 0.1) is 11.7 Å². The Balaban J connectivity index is 1.46. The maximum Gasteiger partial charge on any atom is 0.313 e. The molecule has 0 radical (unpaired) electrons. The summed E-state index contributed by atoms with van der Waals surface area (Å²) in [5, 5.41) is 6.71. The van der Waals surface area contributed by atoms with Gasteiger partial charge in [0.2, 0.25) is 0 Å². The largest absolute Gasteiger partial charge is 0.361 e. The third-order valence-electron chi connectivity index (χ3n) is 5.01. The van der Waals surface area contributed by atoms with Crippen molar-refractivity contribution in [3.8, 4) is 0 Å². The van der Waals surface area contributed by atoms with E-state index < -0.39 is 23.4 Å². The summed E-state index contributed by atoms with van der Waals surface area (Å²) in [4.78, 5) is 27.8. The van der Waals surface area contributed by atoms with Crippen molar-refractivity contribution in [2.24, 2.45) is 0 Å². The van der Waals surface area contributed by atoms with Gasteiger partial charge in [-0.1, -0.05) is 24.3 Å². The molecule has 1 aromatic heterocycles. The summed E-state index contributed by atoms with van der Waals surface area (Å²) in [6.45, 7) is 1.01. The number of benzene rings is 2. The first-order valence-electron chi connectivity index (χ1n) is 9.45. The van der Waals surface area contributed by atoms with E-state index >= 15 is 0 Å². The average Bonchev–Trinajstić information content (AvgIpc) is 3.41. The highest BCUT2D eigenvalue weighted by molar-refractivity contribution is 7.10. The lowest BCUT2D eigenvalue weighted by Gasteiger charge is -2.30. The van der Waals surface area contributed by atoms with Crippen molar-refractivity contribution in [1.29, 1.82) is 0 Å². The Labute approximate surface area is 176 Å². The predicted octanol–water partition coefficient (Wildman–Crippen LogP) is 3.89. The number of carbonyl (C=O) groups excluding carboxylic acids is 2. The lowest BCUT2D eigenvalue weighted by atomic mass is 10.1. The van der Waals surface area contributed by atoms with Crippen molar-refractivity contribution >= 4 is 34.5 Å². The highest BCUT2D eigenvalue weighted by Gasteiger charge is 2.28. The molecule has 1 atom stereocenters. The Morgan fingerprint density at radius 2 is 1.90 bits per heavy atom. The molecule has 1 aliphatic rings. The Bertz CT molecular complexity index is 1070. The van der Waals surface area contributed by atoms with Crippen LogP contribution in [0, 0.1) is 11.6 Å². The number of halogens is 2. The van der Waals surface area contributed by atoms with Gasteiger partial charge in [-0.15, -0.1) is 11.3 Å². The number of thiophene rings is 1. The van der Waals surface area contributed by atoms with E-state index in [1.54, 1.807) is 11.3 Å². The zero-order valence-electron chi connectivity index (χ0n) is 15.9. The Morgan fingerprint density at radius 1 is 1.07 bits per heavy atom. The Morgan fingerprint density at radius 3 is 2.70 bits per heavy atom. The van der Waals surface area contributed by atoms with E-state index in [-0.39, 0.29) is 18.3 Å². The van der Waals surface area contributed by atoms with Crippen LogP contribution in [0.4, 0.5) is 20.2 Å². The topological polar surface area (TPSA) is 61.4 Å². The summed E-state index contributed by atoms with van der Waals surface area (Å²) in [7, 11) is 0. The van der Waals surface area contributed by atoms with Crippen molar-refractivity contribution in [2.45, 2.75) is 12.5 Å². The Kier molecular flexibility index (Phi) is 5.76. The van der Waals surface area contributed by atoms with Gasteiger partial charge in [-0.3, -0.25) is 9.59 Å². The minimum Gasteiger partial charge on any atom is -0.361 e. The molecule has 2 heterocycles. The maximum atomic E-state index is 13.7. The lowest BCUT2D eigenvalue weighted by Crippen LogP contribution is -2.41. The fourth-order valence-corrected chi connectivity index (χ4v) is 4.41. The number of nitrogens with zero attached hydrogens (tertiary/aromatic N) is 1. The van der Waals surface area contributed by atoms with Gasteiger partial charge >= 0.3 is 11.8 Å². The van der Waals surface area contributed by atoms with E-state index in [2.05, 4.69) is 21.6 Å². The fourth-order valence-electron chi connectivity index (χ4n) is 3.57. The SMILES string of the molecule is O=C(NC[C@@H](c1cccs1)N1CCc2ccccc21)C(=O)Nc1cc(F)ccc1F. The molecule has 2 amide bonds. The number of anilines is 2. The second-order valence-corrected chi connectivity index (χ2v) is 7.87. The van der Waals surface area contributed by atoms with Gasteiger partial charge in [0.15, 0.2) is 0 Å². The smallest absolute Gasteiger partial charge is 0.313 e. The summed E-state index contributed by atoms with van der Waals surface area (Å²) in [5.74, 6) is -3.49. The number of carbonyl (C=O) groups is 2. The molecule has 2 N–H and O–H groups in total. The molecule has 0 saturated carbocycles. The summed E-state index contributed by atoms with van der Waals surface area (Å²) < 4.78 is 27.0. The van der Waals surface area contributed by atoms with Crippen LogP contribution in [0.3, 0.4) is 0 Å². The number of nitrogens with one attached hydrogen (secondary N) is 2. The first kappa shape index (κ1) is 20.0. The molecule has 0 aliphatic carbocycles. The molecule has 0 spiro atoms. The number of amides is 2. The molecule has 0 saturated heterocycles. The molecule has 8 heteroatoms. The van der Waals surface area contributed by atoms with Crippen LogP contribution in [0.2, 0.25) is 0 Å². The van der Waals surface area contributed by atoms with Crippen LogP contribution in [-0.4, -0.2) is 24.9 Å². The second-order valence-electron chi connectivity index (χ2n) is 6.89. The molecule has 0 fully saturated rings. The van der Waals surface area contributed by atoms with Crippen molar-refractivity contribution in [1.82, 2.24) is 5.32 Å². The van der Waals surface area contributed by atoms with Crippen molar-refractivity contribution in [3.63, 3.8) is 0 Å². The van der Waals surface area contributed by atoms with Gasteiger partial charge in [0.25, 0.3) is 0 Å². The van der Waals surface area contributed by atoms with Crippen LogP contribution in [0.15, 0.2) is 60.0 Å². The maximum absolute atomic E-state index is 13.7. The number of hydrogen-bond donors (Lipinski definition) is 2. The molecule has 3 aromatic rings. The van der Waals surface area contributed by atoms with E-state index in [0.29, 0.717) is 0 Å². The molecular formula is C22H19F2N3O2S. The van der Waals surface area contributed by atoms with Crippen molar-refractivity contribution in [2.75, 3.05) is 23.3 Å². The van der Waals surface area contributed by atoms with Crippen LogP contribution in [-0.2, 0) is 16.0 Å². The standard InChI is InChI=1S/C22H19F2N3O2S/c23-15-7-8-16(24)17(12-15)26-22(29)21(28)25-13-19(20-6-3-11-30-20)27-10-9-14-4-1-2-5-18(14)27/h1-8,11-12,19H,9-10,13H2,(H,25,28)(H,26,29)/t19-/m0/s1. The summed E-state index contributed by atoms with van der Waals surface area (Å²) in [6.07, 6.45) is 0.908. The zero-order valence-corrected chi connectivity index (χ0v) is 16.7. The highest BCUT2D eigenvalue weighted by Crippen LogP contribution is 2.36. The van der Waals surface area contributed by atoms with E-state index in [4.69, 9.17) is 0 Å². The number of hydrogen-bond acceptors (Lipinski definition) is 4. The van der Waals surface area contributed by atoms with Gasteiger partial charge in [-0.2, -0.15) is 0 Å². The quantitative estimate of drug-likeness (QED) is 0.608. The molecule has 2 aromatic carbocycles. The molecule has 0 bridgehead atoms. The zero-order chi connectivity index (χ0) is 21.1.